The first-order valence-corrected chi connectivity index (χ1v) is 6.11. The number of carbonyl (C=O) groups excluding carboxylic acids is 2. The zero-order valence-electron chi connectivity index (χ0n) is 11.5. The third-order valence-corrected chi connectivity index (χ3v) is 2.73. The molecule has 0 aliphatic carbocycles. The maximum atomic E-state index is 13.1. The summed E-state index contributed by atoms with van der Waals surface area (Å²) in [5.74, 6) is -3.87. The number of carbonyl (C=O) groups is 2. The van der Waals surface area contributed by atoms with Crippen molar-refractivity contribution in [3.63, 3.8) is 0 Å². The summed E-state index contributed by atoms with van der Waals surface area (Å²) >= 11 is 0. The topological polar surface area (TPSA) is 79.2 Å². The number of hydrogen-bond acceptors (Lipinski definition) is 4. The summed E-state index contributed by atoms with van der Waals surface area (Å²) in [6, 6.07) is 3.19. The Hall–Kier alpha value is -2.49. The number of nitrogens with zero attached hydrogens (tertiary/aromatic N) is 1. The lowest BCUT2D eigenvalue weighted by atomic mass is 10.0. The van der Waals surface area contributed by atoms with Gasteiger partial charge in [-0.2, -0.15) is 5.26 Å². The van der Waals surface area contributed by atoms with Crippen molar-refractivity contribution in [3.8, 4) is 6.07 Å². The number of ether oxygens (including phenoxy) is 1. The number of nitrogens with one attached hydrogen (secondary N) is 1. The zero-order valence-corrected chi connectivity index (χ0v) is 11.5. The quantitative estimate of drug-likeness (QED) is 0.840. The van der Waals surface area contributed by atoms with Crippen LogP contribution in [-0.2, 0) is 9.53 Å². The molecule has 21 heavy (non-hydrogen) atoms. The first-order chi connectivity index (χ1) is 9.87. The highest BCUT2D eigenvalue weighted by Gasteiger charge is 2.24. The third-order valence-electron chi connectivity index (χ3n) is 2.73. The van der Waals surface area contributed by atoms with E-state index < -0.39 is 35.5 Å². The van der Waals surface area contributed by atoms with E-state index in [1.165, 1.54) is 0 Å². The molecule has 1 rings (SSSR count). The molecule has 0 aliphatic heterocycles. The van der Waals surface area contributed by atoms with E-state index in [2.05, 4.69) is 10.1 Å². The zero-order chi connectivity index (χ0) is 16.0. The molecular formula is C14H14F2N2O3. The maximum absolute atomic E-state index is 13.1. The van der Waals surface area contributed by atoms with Gasteiger partial charge in [-0.25, -0.2) is 13.6 Å². The van der Waals surface area contributed by atoms with Gasteiger partial charge in [-0.1, -0.05) is 0 Å². The van der Waals surface area contributed by atoms with E-state index in [-0.39, 0.29) is 12.0 Å². The lowest BCUT2D eigenvalue weighted by molar-refractivity contribution is -0.143. The summed E-state index contributed by atoms with van der Waals surface area (Å²) in [7, 11) is 1.14. The molecule has 1 aromatic carbocycles. The predicted molar refractivity (Wildman–Crippen MR) is 69.0 cm³/mol. The van der Waals surface area contributed by atoms with Crippen LogP contribution in [0.5, 0.6) is 0 Å². The van der Waals surface area contributed by atoms with E-state index in [4.69, 9.17) is 5.26 Å². The summed E-state index contributed by atoms with van der Waals surface area (Å²) < 4.78 is 30.7. The van der Waals surface area contributed by atoms with E-state index in [1.54, 1.807) is 6.92 Å². The van der Waals surface area contributed by atoms with Crippen molar-refractivity contribution in [1.29, 1.82) is 5.26 Å². The Bertz CT molecular complexity index is 564. The normalized spacial score (nSPS) is 12.9. The largest absolute Gasteiger partial charge is 0.467 e. The Morgan fingerprint density at radius 1 is 1.33 bits per heavy atom. The van der Waals surface area contributed by atoms with Crippen LogP contribution >= 0.6 is 0 Å². The Balaban J connectivity index is 2.89. The summed E-state index contributed by atoms with van der Waals surface area (Å²) in [5, 5.41) is 11.1. The third kappa shape index (κ3) is 4.84. The minimum atomic E-state index is -1.07. The van der Waals surface area contributed by atoms with Crippen molar-refractivity contribution in [2.45, 2.75) is 19.4 Å². The van der Waals surface area contributed by atoms with Gasteiger partial charge in [0, 0.05) is 17.5 Å². The van der Waals surface area contributed by atoms with Crippen molar-refractivity contribution in [2.75, 3.05) is 7.11 Å². The van der Waals surface area contributed by atoms with Crippen LogP contribution in [0.15, 0.2) is 18.2 Å². The van der Waals surface area contributed by atoms with Crippen LogP contribution in [0.1, 0.15) is 23.7 Å². The van der Waals surface area contributed by atoms with Gasteiger partial charge in [0.05, 0.1) is 13.2 Å². The summed E-state index contributed by atoms with van der Waals surface area (Å²) in [5.41, 5.74) is -0.258. The molecule has 7 heteroatoms. The minimum absolute atomic E-state index is 0.0344. The average Bonchev–Trinajstić information content (AvgIpc) is 2.44. The minimum Gasteiger partial charge on any atom is -0.467 e. The van der Waals surface area contributed by atoms with Crippen LogP contribution in [0, 0.1) is 28.9 Å². The SMILES string of the molecule is COC(=O)[C@H](C[C@H](C)C#N)NC(=O)c1cc(F)cc(F)c1. The lowest BCUT2D eigenvalue weighted by Gasteiger charge is -2.17. The molecule has 5 nitrogen and oxygen atoms in total. The molecule has 0 saturated carbocycles. The second-order valence-corrected chi connectivity index (χ2v) is 4.47. The van der Waals surface area contributed by atoms with Gasteiger partial charge in [-0.05, 0) is 25.5 Å². The Kier molecular flexibility index (Phi) is 5.79. The van der Waals surface area contributed by atoms with Gasteiger partial charge < -0.3 is 10.1 Å². The van der Waals surface area contributed by atoms with Crippen LogP contribution in [0.3, 0.4) is 0 Å². The van der Waals surface area contributed by atoms with E-state index >= 15 is 0 Å². The standard InChI is InChI=1S/C14H14F2N2O3/c1-8(7-17)3-12(14(20)21-2)18-13(19)9-4-10(15)6-11(16)5-9/h4-6,8,12H,3H2,1-2H3,(H,18,19)/t8-,12-/m0/s1. The second-order valence-electron chi connectivity index (χ2n) is 4.47. The van der Waals surface area contributed by atoms with Gasteiger partial charge in [-0.15, -0.1) is 0 Å². The average molecular weight is 296 g/mol. The van der Waals surface area contributed by atoms with Crippen LogP contribution in [0.2, 0.25) is 0 Å². The van der Waals surface area contributed by atoms with Crippen molar-refractivity contribution in [1.82, 2.24) is 5.32 Å². The number of benzene rings is 1. The van der Waals surface area contributed by atoms with Gasteiger partial charge in [0.25, 0.3) is 5.91 Å². The molecule has 1 amide bonds. The molecule has 1 aromatic rings. The molecule has 0 unspecified atom stereocenters. The molecular weight excluding hydrogens is 282 g/mol. The van der Waals surface area contributed by atoms with Gasteiger partial charge in [0.15, 0.2) is 0 Å². The van der Waals surface area contributed by atoms with E-state index in [0.29, 0.717) is 6.07 Å². The van der Waals surface area contributed by atoms with E-state index in [1.807, 2.05) is 6.07 Å². The lowest BCUT2D eigenvalue weighted by Crippen LogP contribution is -2.42. The van der Waals surface area contributed by atoms with Crippen LogP contribution in [0.25, 0.3) is 0 Å². The Labute approximate surface area is 120 Å². The second kappa shape index (κ2) is 7.33. The number of methoxy groups -OCH3 is 1. The molecule has 0 bridgehead atoms. The predicted octanol–water partition coefficient (Wildman–Crippen LogP) is 1.79. The van der Waals surface area contributed by atoms with Crippen molar-refractivity contribution in [3.05, 3.63) is 35.4 Å². The smallest absolute Gasteiger partial charge is 0.328 e. The monoisotopic (exact) mass is 296 g/mol. The van der Waals surface area contributed by atoms with Gasteiger partial charge in [0.2, 0.25) is 0 Å². The van der Waals surface area contributed by atoms with E-state index in [9.17, 15) is 18.4 Å². The van der Waals surface area contributed by atoms with E-state index in [0.717, 1.165) is 19.2 Å². The van der Waals surface area contributed by atoms with Crippen molar-refractivity contribution >= 4 is 11.9 Å². The number of hydrogen-bond donors (Lipinski definition) is 1. The molecule has 1 N–H and O–H groups in total. The molecule has 0 radical (unpaired) electrons. The highest BCUT2D eigenvalue weighted by molar-refractivity contribution is 5.96. The number of rotatable bonds is 5. The molecule has 0 heterocycles. The number of nitriles is 1. The molecule has 2 atom stereocenters. The van der Waals surface area contributed by atoms with Gasteiger partial charge >= 0.3 is 5.97 Å². The van der Waals surface area contributed by atoms with Gasteiger partial charge in [0.1, 0.15) is 17.7 Å². The molecule has 0 aliphatic rings. The van der Waals surface area contributed by atoms with Crippen molar-refractivity contribution < 1.29 is 23.1 Å². The summed E-state index contributed by atoms with van der Waals surface area (Å²) in [6.45, 7) is 1.57. The maximum Gasteiger partial charge on any atom is 0.328 e. The number of esters is 1. The van der Waals surface area contributed by atoms with Crippen LogP contribution in [-0.4, -0.2) is 25.0 Å². The fourth-order valence-corrected chi connectivity index (χ4v) is 1.69. The van der Waals surface area contributed by atoms with Crippen LogP contribution < -0.4 is 5.32 Å². The number of amides is 1. The van der Waals surface area contributed by atoms with Gasteiger partial charge in [-0.3, -0.25) is 4.79 Å². The first kappa shape index (κ1) is 16.6. The van der Waals surface area contributed by atoms with Crippen LogP contribution in [0.4, 0.5) is 8.78 Å². The Morgan fingerprint density at radius 2 is 1.90 bits per heavy atom. The fourth-order valence-electron chi connectivity index (χ4n) is 1.69. The highest BCUT2D eigenvalue weighted by Crippen LogP contribution is 2.11. The summed E-state index contributed by atoms with van der Waals surface area (Å²) in [4.78, 5) is 23.5. The molecule has 112 valence electrons. The molecule has 0 saturated heterocycles. The number of halogens is 2. The first-order valence-electron chi connectivity index (χ1n) is 6.11. The molecule has 0 aromatic heterocycles. The highest BCUT2D eigenvalue weighted by atomic mass is 19.1. The van der Waals surface area contributed by atoms with Crippen molar-refractivity contribution in [2.24, 2.45) is 5.92 Å². The Morgan fingerprint density at radius 3 is 2.38 bits per heavy atom. The molecule has 0 fully saturated rings. The fraction of sp³-hybridized carbons (Fsp3) is 0.357. The summed E-state index contributed by atoms with van der Waals surface area (Å²) in [6.07, 6.45) is 0.0344. The molecule has 0 spiro atoms.